The van der Waals surface area contributed by atoms with E-state index in [9.17, 15) is 9.90 Å². The number of pyridine rings is 1. The molecule has 1 amide bonds. The number of hydrogen-bond acceptors (Lipinski definition) is 6. The second-order valence-corrected chi connectivity index (χ2v) is 12.4. The number of carbonyl (C=O) groups is 1. The molecule has 2 aromatic heterocycles. The van der Waals surface area contributed by atoms with Crippen LogP contribution in [0.5, 0.6) is 0 Å². The minimum Gasteiger partial charge on any atom is -0.448 e. The molecule has 0 radical (unpaired) electrons. The van der Waals surface area contributed by atoms with Gasteiger partial charge < -0.3 is 19.3 Å². The lowest BCUT2D eigenvalue weighted by molar-refractivity contribution is -0.124. The molecule has 0 atom stereocenters. The Labute approximate surface area is 237 Å². The SMILES string of the molecule is CN(C)c1ccc([C@H]2CC[C@H](CN(c3cccc(-c4coc(C5CC5)n4)c3)C(=O)[C@H]3CC[C@H](O)CC3)CC2)cn1. The summed E-state index contributed by atoms with van der Waals surface area (Å²) < 4.78 is 5.76. The van der Waals surface area contributed by atoms with Gasteiger partial charge in [-0.05, 0) is 99.8 Å². The normalized spacial score (nSPS) is 25.0. The standard InChI is InChI=1S/C33H42N4O3/c1-36(2)31-17-14-27(19-34-31)23-8-6-22(7-9-23)20-37(33(39)25-12-15-29(38)16-13-25)28-5-3-4-26(18-28)30-21-40-32(35-30)24-10-11-24/h3-5,14,17-19,21-25,29,38H,6-13,15-16,20H2,1-2H3/t22-,23-,25-,29-. The van der Waals surface area contributed by atoms with Gasteiger partial charge in [0.1, 0.15) is 17.8 Å². The van der Waals surface area contributed by atoms with Gasteiger partial charge >= 0.3 is 0 Å². The van der Waals surface area contributed by atoms with E-state index in [1.165, 1.54) is 5.56 Å². The molecule has 3 aromatic rings. The van der Waals surface area contributed by atoms with Crippen LogP contribution in [-0.4, -0.2) is 47.7 Å². The maximum absolute atomic E-state index is 14.0. The van der Waals surface area contributed by atoms with E-state index in [1.54, 1.807) is 6.26 Å². The third-order valence-corrected chi connectivity index (χ3v) is 9.20. The summed E-state index contributed by atoms with van der Waals surface area (Å²) in [7, 11) is 4.03. The number of nitrogens with zero attached hydrogens (tertiary/aromatic N) is 4. The van der Waals surface area contributed by atoms with Crippen molar-refractivity contribution in [2.24, 2.45) is 11.8 Å². The molecule has 3 saturated carbocycles. The highest BCUT2D eigenvalue weighted by molar-refractivity contribution is 5.95. The number of aliphatic hydroxyl groups is 1. The lowest BCUT2D eigenvalue weighted by Crippen LogP contribution is -2.41. The lowest BCUT2D eigenvalue weighted by Gasteiger charge is -2.36. The van der Waals surface area contributed by atoms with Crippen LogP contribution in [0.1, 0.15) is 87.5 Å². The average molecular weight is 543 g/mol. The van der Waals surface area contributed by atoms with E-state index >= 15 is 0 Å². The Morgan fingerprint density at radius 1 is 0.950 bits per heavy atom. The van der Waals surface area contributed by atoms with E-state index in [-0.39, 0.29) is 17.9 Å². The molecule has 7 nitrogen and oxygen atoms in total. The van der Waals surface area contributed by atoms with Gasteiger partial charge in [0.05, 0.1) is 6.10 Å². The molecule has 7 heteroatoms. The number of anilines is 2. The quantitative estimate of drug-likeness (QED) is 0.348. The fourth-order valence-corrected chi connectivity index (χ4v) is 6.48. The van der Waals surface area contributed by atoms with Crippen LogP contribution in [0.3, 0.4) is 0 Å². The second-order valence-electron chi connectivity index (χ2n) is 12.4. The molecular formula is C33H42N4O3. The van der Waals surface area contributed by atoms with E-state index in [4.69, 9.17) is 9.40 Å². The number of hydrogen-bond donors (Lipinski definition) is 1. The summed E-state index contributed by atoms with van der Waals surface area (Å²) in [5, 5.41) is 10.0. The largest absolute Gasteiger partial charge is 0.448 e. The number of carbonyl (C=O) groups excluding carboxylic acids is 1. The van der Waals surface area contributed by atoms with Gasteiger partial charge in [0.15, 0.2) is 5.89 Å². The maximum Gasteiger partial charge on any atom is 0.230 e. The zero-order valence-electron chi connectivity index (χ0n) is 23.8. The molecule has 2 heterocycles. The van der Waals surface area contributed by atoms with Gasteiger partial charge in [-0.1, -0.05) is 18.2 Å². The summed E-state index contributed by atoms with van der Waals surface area (Å²) in [6, 6.07) is 12.6. The molecule has 1 N–H and O–H groups in total. The third-order valence-electron chi connectivity index (χ3n) is 9.20. The van der Waals surface area contributed by atoms with Gasteiger partial charge in [0.25, 0.3) is 0 Å². The minimum atomic E-state index is -0.273. The number of rotatable bonds is 8. The lowest BCUT2D eigenvalue weighted by atomic mass is 9.78. The minimum absolute atomic E-state index is 0.0294. The third kappa shape index (κ3) is 6.09. The Morgan fingerprint density at radius 3 is 2.38 bits per heavy atom. The van der Waals surface area contributed by atoms with Crippen molar-refractivity contribution < 1.29 is 14.3 Å². The first-order valence-electron chi connectivity index (χ1n) is 15.1. The molecule has 3 aliphatic carbocycles. The highest BCUT2D eigenvalue weighted by atomic mass is 16.3. The summed E-state index contributed by atoms with van der Waals surface area (Å²) in [5.41, 5.74) is 4.09. The van der Waals surface area contributed by atoms with E-state index in [2.05, 4.69) is 35.3 Å². The number of aromatic nitrogens is 2. The van der Waals surface area contributed by atoms with Gasteiger partial charge in [0.2, 0.25) is 5.91 Å². The van der Waals surface area contributed by atoms with Crippen LogP contribution < -0.4 is 9.80 Å². The highest BCUT2D eigenvalue weighted by Crippen LogP contribution is 2.41. The second kappa shape index (κ2) is 11.7. The average Bonchev–Trinajstić information content (AvgIpc) is 3.72. The topological polar surface area (TPSA) is 82.7 Å². The van der Waals surface area contributed by atoms with Crippen molar-refractivity contribution in [2.75, 3.05) is 30.4 Å². The molecule has 3 aliphatic rings. The van der Waals surface area contributed by atoms with E-state index in [1.807, 2.05) is 36.2 Å². The Morgan fingerprint density at radius 2 is 1.70 bits per heavy atom. The van der Waals surface area contributed by atoms with Gasteiger partial charge in [-0.15, -0.1) is 0 Å². The molecule has 0 bridgehead atoms. The monoisotopic (exact) mass is 542 g/mol. The summed E-state index contributed by atoms with van der Waals surface area (Å²) >= 11 is 0. The summed E-state index contributed by atoms with van der Waals surface area (Å²) in [5.74, 6) is 3.44. The first-order chi connectivity index (χ1) is 19.4. The molecule has 0 unspecified atom stereocenters. The van der Waals surface area contributed by atoms with Gasteiger partial charge in [-0.3, -0.25) is 4.79 Å². The van der Waals surface area contributed by atoms with Gasteiger partial charge in [-0.2, -0.15) is 0 Å². The van der Waals surface area contributed by atoms with Crippen molar-refractivity contribution in [1.82, 2.24) is 9.97 Å². The van der Waals surface area contributed by atoms with Crippen LogP contribution in [0.2, 0.25) is 0 Å². The number of amides is 1. The fourth-order valence-electron chi connectivity index (χ4n) is 6.48. The molecule has 40 heavy (non-hydrogen) atoms. The molecule has 0 spiro atoms. The van der Waals surface area contributed by atoms with Crippen molar-refractivity contribution in [3.63, 3.8) is 0 Å². The Hall–Kier alpha value is -3.19. The molecule has 0 aliphatic heterocycles. The summed E-state index contributed by atoms with van der Waals surface area (Å²) in [4.78, 5) is 27.5. The van der Waals surface area contributed by atoms with E-state index < -0.39 is 0 Å². The van der Waals surface area contributed by atoms with Crippen LogP contribution >= 0.6 is 0 Å². The number of aliphatic hydroxyl groups excluding tert-OH is 1. The molecule has 212 valence electrons. The van der Waals surface area contributed by atoms with Crippen LogP contribution in [0.15, 0.2) is 53.3 Å². The first-order valence-corrected chi connectivity index (χ1v) is 15.1. The molecule has 1 aromatic carbocycles. The van der Waals surface area contributed by atoms with Crippen molar-refractivity contribution in [1.29, 1.82) is 0 Å². The van der Waals surface area contributed by atoms with Gasteiger partial charge in [-0.25, -0.2) is 9.97 Å². The van der Waals surface area contributed by atoms with Crippen molar-refractivity contribution in [3.8, 4) is 11.3 Å². The number of oxazole rings is 1. The zero-order chi connectivity index (χ0) is 27.6. The van der Waals surface area contributed by atoms with Crippen molar-refractivity contribution >= 4 is 17.4 Å². The summed E-state index contributed by atoms with van der Waals surface area (Å²) in [6.45, 7) is 0.734. The zero-order valence-corrected chi connectivity index (χ0v) is 23.8. The predicted octanol–water partition coefficient (Wildman–Crippen LogP) is 6.54. The van der Waals surface area contributed by atoms with E-state index in [0.29, 0.717) is 30.6 Å². The number of benzene rings is 1. The van der Waals surface area contributed by atoms with Crippen molar-refractivity contribution in [2.45, 2.75) is 82.1 Å². The highest BCUT2D eigenvalue weighted by Gasteiger charge is 2.33. The van der Waals surface area contributed by atoms with Crippen molar-refractivity contribution in [3.05, 3.63) is 60.3 Å². The molecule has 6 rings (SSSR count). The van der Waals surface area contributed by atoms with Crippen LogP contribution in [-0.2, 0) is 4.79 Å². The fraction of sp³-hybridized carbons (Fsp3) is 0.545. The maximum atomic E-state index is 14.0. The smallest absolute Gasteiger partial charge is 0.230 e. The molecule has 0 saturated heterocycles. The molecular weight excluding hydrogens is 500 g/mol. The van der Waals surface area contributed by atoms with Crippen LogP contribution in [0.4, 0.5) is 11.5 Å². The summed E-state index contributed by atoms with van der Waals surface area (Å²) in [6.07, 6.45) is 13.2. The van der Waals surface area contributed by atoms with Crippen LogP contribution in [0.25, 0.3) is 11.3 Å². The van der Waals surface area contributed by atoms with E-state index in [0.717, 1.165) is 86.6 Å². The first kappa shape index (κ1) is 27.0. The Kier molecular flexibility index (Phi) is 7.92. The molecule has 3 fully saturated rings. The Bertz CT molecular complexity index is 1280. The predicted molar refractivity (Wildman–Crippen MR) is 157 cm³/mol. The Balaban J connectivity index is 1.18. The van der Waals surface area contributed by atoms with Crippen LogP contribution in [0, 0.1) is 11.8 Å². The van der Waals surface area contributed by atoms with Gasteiger partial charge in [0, 0.05) is 49.9 Å².